The molecule has 4 heteroatoms. The topological polar surface area (TPSA) is 41.6 Å². The van der Waals surface area contributed by atoms with E-state index in [2.05, 4.69) is 10.2 Å². The molecule has 2 rings (SSSR count). The van der Waals surface area contributed by atoms with E-state index in [1.165, 1.54) is 39.5 Å². The molecule has 16 heavy (non-hydrogen) atoms. The van der Waals surface area contributed by atoms with E-state index in [9.17, 15) is 4.79 Å². The first-order valence-electron chi connectivity index (χ1n) is 6.36. The van der Waals surface area contributed by atoms with Gasteiger partial charge in [-0.3, -0.25) is 4.79 Å². The molecular formula is C12H22N2O2. The van der Waals surface area contributed by atoms with Gasteiger partial charge in [-0.05, 0) is 45.2 Å². The van der Waals surface area contributed by atoms with Crippen LogP contribution >= 0.6 is 0 Å². The number of rotatable bonds is 3. The summed E-state index contributed by atoms with van der Waals surface area (Å²) < 4.78 is 4.79. The van der Waals surface area contributed by atoms with Crippen LogP contribution in [0.25, 0.3) is 0 Å². The van der Waals surface area contributed by atoms with Gasteiger partial charge >= 0.3 is 5.97 Å². The van der Waals surface area contributed by atoms with Crippen molar-refractivity contribution in [3.05, 3.63) is 0 Å². The molecule has 2 atom stereocenters. The van der Waals surface area contributed by atoms with E-state index >= 15 is 0 Å². The van der Waals surface area contributed by atoms with Crippen LogP contribution in [0.3, 0.4) is 0 Å². The van der Waals surface area contributed by atoms with Gasteiger partial charge in [0.1, 0.15) is 6.04 Å². The summed E-state index contributed by atoms with van der Waals surface area (Å²) in [6.07, 6.45) is 5.89. The van der Waals surface area contributed by atoms with Crippen molar-refractivity contribution in [2.75, 3.05) is 26.7 Å². The number of piperidine rings is 1. The predicted molar refractivity (Wildman–Crippen MR) is 62.3 cm³/mol. The van der Waals surface area contributed by atoms with Crippen LogP contribution in [0.1, 0.15) is 32.1 Å². The minimum atomic E-state index is -0.105. The van der Waals surface area contributed by atoms with Gasteiger partial charge in [-0.2, -0.15) is 0 Å². The molecule has 0 bridgehead atoms. The lowest BCUT2D eigenvalue weighted by molar-refractivity contribution is -0.144. The minimum absolute atomic E-state index is 0.0775. The van der Waals surface area contributed by atoms with Gasteiger partial charge in [0, 0.05) is 12.6 Å². The number of likely N-dealkylation sites (tertiary alicyclic amines) is 1. The lowest BCUT2D eigenvalue weighted by Crippen LogP contribution is -2.51. The summed E-state index contributed by atoms with van der Waals surface area (Å²) in [5.41, 5.74) is 0. The Labute approximate surface area is 97.3 Å². The van der Waals surface area contributed by atoms with Gasteiger partial charge in [0.05, 0.1) is 7.11 Å². The van der Waals surface area contributed by atoms with Gasteiger partial charge < -0.3 is 15.0 Å². The lowest BCUT2D eigenvalue weighted by atomic mass is 9.98. The molecule has 2 fully saturated rings. The van der Waals surface area contributed by atoms with E-state index in [0.29, 0.717) is 6.04 Å². The molecule has 2 aliphatic heterocycles. The summed E-state index contributed by atoms with van der Waals surface area (Å²) >= 11 is 0. The monoisotopic (exact) mass is 226 g/mol. The predicted octanol–water partition coefficient (Wildman–Crippen LogP) is 0.766. The second-order valence-corrected chi connectivity index (χ2v) is 4.88. The Kier molecular flexibility index (Phi) is 4.18. The van der Waals surface area contributed by atoms with Crippen LogP contribution in [0.4, 0.5) is 0 Å². The van der Waals surface area contributed by atoms with Gasteiger partial charge in [-0.15, -0.1) is 0 Å². The number of esters is 1. The molecule has 1 N–H and O–H groups in total. The fourth-order valence-electron chi connectivity index (χ4n) is 2.77. The molecule has 2 heterocycles. The zero-order valence-electron chi connectivity index (χ0n) is 10.1. The maximum atomic E-state index is 11.5. The number of hydrogen-bond acceptors (Lipinski definition) is 4. The SMILES string of the molecule is COC(=O)[C@H]1CCC[C@H](CN2CCCC2)N1. The molecule has 0 spiro atoms. The van der Waals surface area contributed by atoms with Crippen molar-refractivity contribution < 1.29 is 9.53 Å². The molecule has 0 radical (unpaired) electrons. The number of nitrogens with one attached hydrogen (secondary N) is 1. The van der Waals surface area contributed by atoms with Crippen LogP contribution in [-0.2, 0) is 9.53 Å². The van der Waals surface area contributed by atoms with Crippen molar-refractivity contribution in [2.24, 2.45) is 0 Å². The third kappa shape index (κ3) is 2.95. The highest BCUT2D eigenvalue weighted by Crippen LogP contribution is 2.16. The molecule has 0 unspecified atom stereocenters. The Hall–Kier alpha value is -0.610. The zero-order valence-corrected chi connectivity index (χ0v) is 10.1. The standard InChI is InChI=1S/C12H22N2O2/c1-16-12(15)11-6-4-5-10(13-11)9-14-7-2-3-8-14/h10-11,13H,2-9H2,1H3/t10-,11-/m1/s1. The Morgan fingerprint density at radius 1 is 1.31 bits per heavy atom. The highest BCUT2D eigenvalue weighted by Gasteiger charge is 2.28. The van der Waals surface area contributed by atoms with Crippen molar-refractivity contribution in [1.82, 2.24) is 10.2 Å². The van der Waals surface area contributed by atoms with E-state index in [1.807, 2.05) is 0 Å². The van der Waals surface area contributed by atoms with E-state index in [1.54, 1.807) is 0 Å². The summed E-state index contributed by atoms with van der Waals surface area (Å²) in [7, 11) is 1.47. The molecule has 0 aliphatic carbocycles. The van der Waals surface area contributed by atoms with E-state index in [4.69, 9.17) is 4.74 Å². The quantitative estimate of drug-likeness (QED) is 0.722. The molecule has 92 valence electrons. The number of nitrogens with zero attached hydrogens (tertiary/aromatic N) is 1. The van der Waals surface area contributed by atoms with Gasteiger partial charge in [-0.25, -0.2) is 0 Å². The largest absolute Gasteiger partial charge is 0.468 e. The fourth-order valence-corrected chi connectivity index (χ4v) is 2.77. The number of carbonyl (C=O) groups is 1. The Morgan fingerprint density at radius 3 is 2.75 bits per heavy atom. The first-order valence-corrected chi connectivity index (χ1v) is 6.36. The summed E-state index contributed by atoms with van der Waals surface area (Å²) in [6.45, 7) is 3.54. The minimum Gasteiger partial charge on any atom is -0.468 e. The normalized spacial score (nSPS) is 31.6. The van der Waals surface area contributed by atoms with Gasteiger partial charge in [-0.1, -0.05) is 0 Å². The highest BCUT2D eigenvalue weighted by molar-refractivity contribution is 5.75. The van der Waals surface area contributed by atoms with E-state index < -0.39 is 0 Å². The summed E-state index contributed by atoms with van der Waals surface area (Å²) in [5, 5.41) is 3.41. The maximum absolute atomic E-state index is 11.5. The molecule has 0 aromatic heterocycles. The van der Waals surface area contributed by atoms with E-state index in [0.717, 1.165) is 19.4 Å². The van der Waals surface area contributed by atoms with Crippen LogP contribution in [0.5, 0.6) is 0 Å². The first kappa shape index (κ1) is 11.9. The average Bonchev–Trinajstić information content (AvgIpc) is 2.81. The van der Waals surface area contributed by atoms with Crippen LogP contribution in [-0.4, -0.2) is 49.7 Å². The van der Waals surface area contributed by atoms with Gasteiger partial charge in [0.15, 0.2) is 0 Å². The molecular weight excluding hydrogens is 204 g/mol. The number of hydrogen-bond donors (Lipinski definition) is 1. The van der Waals surface area contributed by atoms with Gasteiger partial charge in [0.2, 0.25) is 0 Å². The molecule has 2 saturated heterocycles. The molecule has 2 aliphatic rings. The van der Waals surface area contributed by atoms with Crippen molar-refractivity contribution in [1.29, 1.82) is 0 Å². The lowest BCUT2D eigenvalue weighted by Gasteiger charge is -2.32. The number of methoxy groups -OCH3 is 1. The van der Waals surface area contributed by atoms with Crippen molar-refractivity contribution >= 4 is 5.97 Å². The summed E-state index contributed by atoms with van der Waals surface area (Å²) in [5.74, 6) is -0.105. The number of carbonyl (C=O) groups excluding carboxylic acids is 1. The Bertz CT molecular complexity index is 239. The molecule has 4 nitrogen and oxygen atoms in total. The smallest absolute Gasteiger partial charge is 0.322 e. The van der Waals surface area contributed by atoms with Crippen molar-refractivity contribution in [3.8, 4) is 0 Å². The Balaban J connectivity index is 1.79. The van der Waals surface area contributed by atoms with Crippen LogP contribution in [0.15, 0.2) is 0 Å². The Morgan fingerprint density at radius 2 is 2.06 bits per heavy atom. The summed E-state index contributed by atoms with van der Waals surface area (Å²) in [6, 6.07) is 0.391. The van der Waals surface area contributed by atoms with Crippen LogP contribution in [0.2, 0.25) is 0 Å². The second kappa shape index (κ2) is 5.64. The third-order valence-electron chi connectivity index (χ3n) is 3.65. The molecule has 0 amide bonds. The van der Waals surface area contributed by atoms with Crippen molar-refractivity contribution in [3.63, 3.8) is 0 Å². The molecule has 0 saturated carbocycles. The average molecular weight is 226 g/mol. The summed E-state index contributed by atoms with van der Waals surface area (Å²) in [4.78, 5) is 13.9. The maximum Gasteiger partial charge on any atom is 0.322 e. The fraction of sp³-hybridized carbons (Fsp3) is 0.917. The highest BCUT2D eigenvalue weighted by atomic mass is 16.5. The first-order chi connectivity index (χ1) is 7.79. The van der Waals surface area contributed by atoms with E-state index in [-0.39, 0.29) is 12.0 Å². The van der Waals surface area contributed by atoms with Crippen molar-refractivity contribution in [2.45, 2.75) is 44.2 Å². The molecule has 0 aromatic carbocycles. The number of ether oxygens (including phenoxy) is 1. The van der Waals surface area contributed by atoms with Crippen LogP contribution in [0, 0.1) is 0 Å². The third-order valence-corrected chi connectivity index (χ3v) is 3.65. The second-order valence-electron chi connectivity index (χ2n) is 4.88. The zero-order chi connectivity index (χ0) is 11.4. The van der Waals surface area contributed by atoms with Gasteiger partial charge in [0.25, 0.3) is 0 Å². The van der Waals surface area contributed by atoms with Crippen LogP contribution < -0.4 is 5.32 Å². The molecule has 0 aromatic rings.